The summed E-state index contributed by atoms with van der Waals surface area (Å²) in [5.74, 6) is 1.13. The molecule has 0 unspecified atom stereocenters. The summed E-state index contributed by atoms with van der Waals surface area (Å²) in [6, 6.07) is 8.15. The van der Waals surface area contributed by atoms with Gasteiger partial charge in [-0.2, -0.15) is 0 Å². The summed E-state index contributed by atoms with van der Waals surface area (Å²) < 4.78 is 5.70. The molecule has 0 saturated carbocycles. The Morgan fingerprint density at radius 1 is 1.19 bits per heavy atom. The fourth-order valence-corrected chi connectivity index (χ4v) is 3.00. The lowest BCUT2D eigenvalue weighted by Crippen LogP contribution is -2.30. The van der Waals surface area contributed by atoms with Gasteiger partial charge in [0.15, 0.2) is 0 Å². The molecule has 0 bridgehead atoms. The highest BCUT2D eigenvalue weighted by molar-refractivity contribution is 5.78. The molecule has 1 aromatic rings. The number of nitrogens with one attached hydrogen (secondary N) is 1. The van der Waals surface area contributed by atoms with Crippen LogP contribution < -0.4 is 10.1 Å². The number of hydrogen-bond donors (Lipinski definition) is 1. The predicted octanol–water partition coefficient (Wildman–Crippen LogP) is 3.27. The molecule has 1 fully saturated rings. The van der Waals surface area contributed by atoms with Crippen LogP contribution in [0.3, 0.4) is 0 Å². The highest BCUT2D eigenvalue weighted by Crippen LogP contribution is 2.24. The van der Waals surface area contributed by atoms with Crippen LogP contribution in [-0.4, -0.2) is 43.0 Å². The SMILES string of the molecule is CC(C)(C)c1ccc(OCCCC(=O)NCCCN2CCCC2=O)cc1. The quantitative estimate of drug-likeness (QED) is 0.688. The van der Waals surface area contributed by atoms with E-state index in [2.05, 4.69) is 38.2 Å². The van der Waals surface area contributed by atoms with Crippen molar-refractivity contribution >= 4 is 11.8 Å². The van der Waals surface area contributed by atoms with E-state index < -0.39 is 0 Å². The van der Waals surface area contributed by atoms with Crippen molar-refractivity contribution in [2.24, 2.45) is 0 Å². The minimum atomic E-state index is 0.0458. The lowest BCUT2D eigenvalue weighted by Gasteiger charge is -2.19. The number of carbonyl (C=O) groups excluding carboxylic acids is 2. The molecule has 144 valence electrons. The van der Waals surface area contributed by atoms with Crippen LogP contribution in [0, 0.1) is 0 Å². The van der Waals surface area contributed by atoms with E-state index in [4.69, 9.17) is 4.74 Å². The van der Waals surface area contributed by atoms with Crippen LogP contribution in [0.25, 0.3) is 0 Å². The van der Waals surface area contributed by atoms with Crippen molar-refractivity contribution in [3.63, 3.8) is 0 Å². The van der Waals surface area contributed by atoms with Crippen molar-refractivity contribution in [3.8, 4) is 5.75 Å². The Hall–Kier alpha value is -2.04. The van der Waals surface area contributed by atoms with Gasteiger partial charge in [0.25, 0.3) is 0 Å². The average Bonchev–Trinajstić information content (AvgIpc) is 3.00. The Morgan fingerprint density at radius 3 is 2.54 bits per heavy atom. The maximum atomic E-state index is 11.8. The zero-order chi connectivity index (χ0) is 19.0. The third-order valence-electron chi connectivity index (χ3n) is 4.64. The lowest BCUT2D eigenvalue weighted by molar-refractivity contribution is -0.127. The minimum Gasteiger partial charge on any atom is -0.494 e. The fourth-order valence-electron chi connectivity index (χ4n) is 3.00. The van der Waals surface area contributed by atoms with Crippen LogP contribution in [0.4, 0.5) is 0 Å². The van der Waals surface area contributed by atoms with Gasteiger partial charge in [0.05, 0.1) is 6.61 Å². The molecule has 1 heterocycles. The minimum absolute atomic E-state index is 0.0458. The number of amides is 2. The molecular formula is C21H32N2O3. The van der Waals surface area contributed by atoms with E-state index in [9.17, 15) is 9.59 Å². The van der Waals surface area contributed by atoms with Gasteiger partial charge in [-0.3, -0.25) is 9.59 Å². The molecule has 5 heteroatoms. The molecule has 0 atom stereocenters. The zero-order valence-corrected chi connectivity index (χ0v) is 16.3. The Morgan fingerprint density at radius 2 is 1.92 bits per heavy atom. The second-order valence-corrected chi connectivity index (χ2v) is 7.91. The summed E-state index contributed by atoms with van der Waals surface area (Å²) in [4.78, 5) is 25.2. The number of hydrogen-bond acceptors (Lipinski definition) is 3. The van der Waals surface area contributed by atoms with E-state index in [1.807, 2.05) is 17.0 Å². The van der Waals surface area contributed by atoms with Gasteiger partial charge in [0, 0.05) is 32.5 Å². The molecule has 26 heavy (non-hydrogen) atoms. The zero-order valence-electron chi connectivity index (χ0n) is 16.3. The third-order valence-corrected chi connectivity index (χ3v) is 4.64. The Labute approximate surface area is 157 Å². The lowest BCUT2D eigenvalue weighted by atomic mass is 9.87. The molecule has 1 saturated heterocycles. The largest absolute Gasteiger partial charge is 0.494 e. The molecule has 1 aliphatic rings. The Bertz CT molecular complexity index is 590. The first-order chi connectivity index (χ1) is 12.4. The second kappa shape index (κ2) is 9.60. The van der Waals surface area contributed by atoms with E-state index in [1.54, 1.807) is 0 Å². The van der Waals surface area contributed by atoms with Gasteiger partial charge >= 0.3 is 0 Å². The third kappa shape index (κ3) is 6.70. The van der Waals surface area contributed by atoms with Gasteiger partial charge in [-0.25, -0.2) is 0 Å². The normalized spacial score (nSPS) is 14.6. The Kier molecular flexibility index (Phi) is 7.49. The van der Waals surface area contributed by atoms with Gasteiger partial charge < -0.3 is 15.0 Å². The van der Waals surface area contributed by atoms with Gasteiger partial charge in [-0.05, 0) is 42.4 Å². The molecule has 1 N–H and O–H groups in total. The molecule has 2 amide bonds. The van der Waals surface area contributed by atoms with E-state index in [0.717, 1.165) is 31.7 Å². The number of ether oxygens (including phenoxy) is 1. The van der Waals surface area contributed by atoms with E-state index in [0.29, 0.717) is 32.4 Å². The van der Waals surface area contributed by atoms with Crippen molar-refractivity contribution < 1.29 is 14.3 Å². The molecule has 0 aliphatic carbocycles. The smallest absolute Gasteiger partial charge is 0.222 e. The summed E-state index contributed by atoms with van der Waals surface area (Å²) in [6.07, 6.45) is 3.60. The van der Waals surface area contributed by atoms with Crippen LogP contribution in [0.1, 0.15) is 58.4 Å². The standard InChI is InChI=1S/C21H32N2O3/c1-21(2,3)17-9-11-18(12-10-17)26-16-5-7-19(24)22-13-6-15-23-14-4-8-20(23)25/h9-12H,4-8,13-16H2,1-3H3,(H,22,24). The predicted molar refractivity (Wildman–Crippen MR) is 103 cm³/mol. The first-order valence-corrected chi connectivity index (χ1v) is 9.64. The monoisotopic (exact) mass is 360 g/mol. The number of carbonyl (C=O) groups is 2. The first-order valence-electron chi connectivity index (χ1n) is 9.64. The van der Waals surface area contributed by atoms with Crippen LogP contribution in [0.15, 0.2) is 24.3 Å². The molecule has 1 aliphatic heterocycles. The van der Waals surface area contributed by atoms with Crippen molar-refractivity contribution in [1.82, 2.24) is 10.2 Å². The summed E-state index contributed by atoms with van der Waals surface area (Å²) in [6.45, 7) is 9.31. The van der Waals surface area contributed by atoms with Gasteiger partial charge in [0.2, 0.25) is 11.8 Å². The molecule has 0 aromatic heterocycles. The topological polar surface area (TPSA) is 58.6 Å². The second-order valence-electron chi connectivity index (χ2n) is 7.91. The highest BCUT2D eigenvalue weighted by Gasteiger charge is 2.19. The molecule has 1 aromatic carbocycles. The van der Waals surface area contributed by atoms with Crippen molar-refractivity contribution in [2.75, 3.05) is 26.2 Å². The van der Waals surface area contributed by atoms with Gasteiger partial charge in [0.1, 0.15) is 5.75 Å². The van der Waals surface area contributed by atoms with Crippen LogP contribution in [0.2, 0.25) is 0 Å². The fraction of sp³-hybridized carbons (Fsp3) is 0.619. The molecule has 0 radical (unpaired) electrons. The Balaban J connectivity index is 1.53. The molecular weight excluding hydrogens is 328 g/mol. The first kappa shape index (κ1) is 20.3. The van der Waals surface area contributed by atoms with Gasteiger partial charge in [-0.1, -0.05) is 32.9 Å². The van der Waals surface area contributed by atoms with E-state index in [1.165, 1.54) is 5.56 Å². The van der Waals surface area contributed by atoms with E-state index >= 15 is 0 Å². The summed E-state index contributed by atoms with van der Waals surface area (Å²) in [5, 5.41) is 2.91. The van der Waals surface area contributed by atoms with Crippen molar-refractivity contribution in [3.05, 3.63) is 29.8 Å². The van der Waals surface area contributed by atoms with Crippen LogP contribution in [-0.2, 0) is 15.0 Å². The summed E-state index contributed by atoms with van der Waals surface area (Å²) >= 11 is 0. The van der Waals surface area contributed by atoms with Crippen molar-refractivity contribution in [1.29, 1.82) is 0 Å². The molecule has 2 rings (SSSR count). The van der Waals surface area contributed by atoms with Crippen LogP contribution in [0.5, 0.6) is 5.75 Å². The molecule has 5 nitrogen and oxygen atoms in total. The van der Waals surface area contributed by atoms with Gasteiger partial charge in [-0.15, -0.1) is 0 Å². The summed E-state index contributed by atoms with van der Waals surface area (Å²) in [7, 11) is 0. The van der Waals surface area contributed by atoms with Crippen molar-refractivity contribution in [2.45, 2.75) is 58.3 Å². The van der Waals surface area contributed by atoms with E-state index in [-0.39, 0.29) is 17.2 Å². The van der Waals surface area contributed by atoms with Crippen LogP contribution >= 0.6 is 0 Å². The maximum Gasteiger partial charge on any atom is 0.222 e. The highest BCUT2D eigenvalue weighted by atomic mass is 16.5. The average molecular weight is 360 g/mol. The number of rotatable bonds is 9. The molecule has 0 spiro atoms. The number of nitrogens with zero attached hydrogens (tertiary/aromatic N) is 1. The maximum absolute atomic E-state index is 11.8. The number of likely N-dealkylation sites (tertiary alicyclic amines) is 1. The number of benzene rings is 1. The summed E-state index contributed by atoms with van der Waals surface area (Å²) in [5.41, 5.74) is 1.42.